The fourth-order valence-corrected chi connectivity index (χ4v) is 0.778. The number of nitrogens with zero attached hydrogens (tertiary/aromatic N) is 2. The van der Waals surface area contributed by atoms with Crippen LogP contribution < -0.4 is 5.56 Å². The third-order valence-corrected chi connectivity index (χ3v) is 1.39. The highest BCUT2D eigenvalue weighted by Gasteiger charge is 1.92. The molecule has 0 radical (unpaired) electrons. The molecule has 0 bridgehead atoms. The normalized spacial score (nSPS) is 9.80. The minimum Gasteiger partial charge on any atom is -0.299 e. The zero-order valence-corrected chi connectivity index (χ0v) is 6.30. The Bertz CT molecular complexity index is 281. The van der Waals surface area contributed by atoms with Gasteiger partial charge in [0.2, 0.25) is 0 Å². The van der Waals surface area contributed by atoms with E-state index in [-0.39, 0.29) is 10.7 Å². The van der Waals surface area contributed by atoms with E-state index < -0.39 is 0 Å². The Morgan fingerprint density at radius 3 is 3.00 bits per heavy atom. The SMILES string of the molecule is CCn1cnc(Cl)cc1=O. The fourth-order valence-electron chi connectivity index (χ4n) is 0.641. The van der Waals surface area contributed by atoms with Crippen molar-refractivity contribution in [1.29, 1.82) is 0 Å². The molecule has 54 valence electrons. The Hall–Kier alpha value is -0.830. The molecule has 1 aromatic rings. The van der Waals surface area contributed by atoms with Gasteiger partial charge in [0.05, 0.1) is 6.33 Å². The van der Waals surface area contributed by atoms with E-state index in [4.69, 9.17) is 11.6 Å². The van der Waals surface area contributed by atoms with Gasteiger partial charge in [-0.05, 0) is 6.92 Å². The number of hydrogen-bond donors (Lipinski definition) is 0. The van der Waals surface area contributed by atoms with Gasteiger partial charge in [-0.3, -0.25) is 9.36 Å². The predicted octanol–water partition coefficient (Wildman–Crippen LogP) is 0.917. The number of aromatic nitrogens is 2. The van der Waals surface area contributed by atoms with Crippen LogP contribution in [0.15, 0.2) is 17.2 Å². The lowest BCUT2D eigenvalue weighted by atomic mass is 10.6. The summed E-state index contributed by atoms with van der Waals surface area (Å²) in [7, 11) is 0. The van der Waals surface area contributed by atoms with Gasteiger partial charge in [0.1, 0.15) is 5.15 Å². The molecule has 1 aromatic heterocycles. The van der Waals surface area contributed by atoms with Crippen LogP contribution in [0.5, 0.6) is 0 Å². The molecule has 0 spiro atoms. The van der Waals surface area contributed by atoms with Gasteiger partial charge in [0.15, 0.2) is 0 Å². The van der Waals surface area contributed by atoms with Gasteiger partial charge in [-0.15, -0.1) is 0 Å². The van der Waals surface area contributed by atoms with E-state index in [1.165, 1.54) is 17.0 Å². The molecule has 0 aliphatic carbocycles. The lowest BCUT2D eigenvalue weighted by Crippen LogP contribution is -2.17. The van der Waals surface area contributed by atoms with E-state index in [1.807, 2.05) is 6.92 Å². The standard InChI is InChI=1S/C6H7ClN2O/c1-2-9-4-8-5(7)3-6(9)10/h3-4H,2H2,1H3. The highest BCUT2D eigenvalue weighted by atomic mass is 35.5. The van der Waals surface area contributed by atoms with Gasteiger partial charge in [0.25, 0.3) is 5.56 Å². The van der Waals surface area contributed by atoms with Crippen LogP contribution in [0.1, 0.15) is 6.92 Å². The Kier molecular flexibility index (Phi) is 2.06. The van der Waals surface area contributed by atoms with Crippen molar-refractivity contribution in [2.75, 3.05) is 0 Å². The molecule has 10 heavy (non-hydrogen) atoms. The Labute approximate surface area is 63.3 Å². The predicted molar refractivity (Wildman–Crippen MR) is 39.2 cm³/mol. The first-order chi connectivity index (χ1) is 4.74. The van der Waals surface area contributed by atoms with Crippen molar-refractivity contribution in [3.63, 3.8) is 0 Å². The molecule has 0 aliphatic heterocycles. The van der Waals surface area contributed by atoms with Gasteiger partial charge >= 0.3 is 0 Å². The summed E-state index contributed by atoms with van der Waals surface area (Å²) < 4.78 is 1.48. The second-order valence-electron chi connectivity index (χ2n) is 1.84. The van der Waals surface area contributed by atoms with Crippen LogP contribution >= 0.6 is 11.6 Å². The molecule has 0 amide bonds. The summed E-state index contributed by atoms with van der Waals surface area (Å²) >= 11 is 5.45. The maximum Gasteiger partial charge on any atom is 0.254 e. The van der Waals surface area contributed by atoms with E-state index in [0.29, 0.717) is 6.54 Å². The number of hydrogen-bond acceptors (Lipinski definition) is 2. The van der Waals surface area contributed by atoms with Crippen molar-refractivity contribution >= 4 is 11.6 Å². The van der Waals surface area contributed by atoms with Gasteiger partial charge < -0.3 is 0 Å². The zero-order valence-electron chi connectivity index (χ0n) is 5.54. The zero-order chi connectivity index (χ0) is 7.56. The average Bonchev–Trinajstić information content (AvgIpc) is 1.88. The molecule has 0 unspecified atom stereocenters. The number of aryl methyl sites for hydroxylation is 1. The lowest BCUT2D eigenvalue weighted by molar-refractivity contribution is 0.707. The summed E-state index contributed by atoms with van der Waals surface area (Å²) in [6, 6.07) is 1.30. The van der Waals surface area contributed by atoms with E-state index in [1.54, 1.807) is 0 Å². The molecule has 0 fully saturated rings. The lowest BCUT2D eigenvalue weighted by Gasteiger charge is -1.97. The Morgan fingerprint density at radius 2 is 2.50 bits per heavy atom. The molecule has 1 heterocycles. The van der Waals surface area contributed by atoms with Gasteiger partial charge in [-0.2, -0.15) is 0 Å². The van der Waals surface area contributed by atoms with Crippen LogP contribution in [0.25, 0.3) is 0 Å². The van der Waals surface area contributed by atoms with E-state index in [9.17, 15) is 4.79 Å². The second kappa shape index (κ2) is 2.84. The number of rotatable bonds is 1. The van der Waals surface area contributed by atoms with Crippen molar-refractivity contribution in [3.8, 4) is 0 Å². The van der Waals surface area contributed by atoms with Crippen molar-refractivity contribution in [3.05, 3.63) is 27.9 Å². The van der Waals surface area contributed by atoms with Crippen LogP contribution in [-0.2, 0) is 6.54 Å². The molecular formula is C6H7ClN2O. The summed E-state index contributed by atoms with van der Waals surface area (Å²) in [6.45, 7) is 2.50. The fraction of sp³-hybridized carbons (Fsp3) is 0.333. The molecule has 3 nitrogen and oxygen atoms in total. The van der Waals surface area contributed by atoms with Gasteiger partial charge in [-0.25, -0.2) is 4.98 Å². The van der Waals surface area contributed by atoms with Crippen molar-refractivity contribution in [2.24, 2.45) is 0 Å². The molecule has 1 rings (SSSR count). The highest BCUT2D eigenvalue weighted by molar-refractivity contribution is 6.29. The monoisotopic (exact) mass is 158 g/mol. The van der Waals surface area contributed by atoms with Gasteiger partial charge in [-0.1, -0.05) is 11.6 Å². The molecule has 0 atom stereocenters. The smallest absolute Gasteiger partial charge is 0.254 e. The highest BCUT2D eigenvalue weighted by Crippen LogP contribution is 1.95. The van der Waals surface area contributed by atoms with Crippen molar-refractivity contribution < 1.29 is 0 Å². The topological polar surface area (TPSA) is 34.9 Å². The molecule has 0 aromatic carbocycles. The average molecular weight is 159 g/mol. The van der Waals surface area contributed by atoms with Crippen LogP contribution in [0.3, 0.4) is 0 Å². The minimum atomic E-state index is -0.109. The quantitative estimate of drug-likeness (QED) is 0.570. The molecule has 0 saturated heterocycles. The molecular weight excluding hydrogens is 152 g/mol. The van der Waals surface area contributed by atoms with Crippen molar-refractivity contribution in [1.82, 2.24) is 9.55 Å². The van der Waals surface area contributed by atoms with Gasteiger partial charge in [0, 0.05) is 12.6 Å². The summed E-state index contributed by atoms with van der Waals surface area (Å²) in [4.78, 5) is 14.6. The first kappa shape index (κ1) is 7.28. The largest absolute Gasteiger partial charge is 0.299 e. The Morgan fingerprint density at radius 1 is 1.80 bits per heavy atom. The summed E-state index contributed by atoms with van der Waals surface area (Å²) in [5.74, 6) is 0. The van der Waals surface area contributed by atoms with Crippen molar-refractivity contribution in [2.45, 2.75) is 13.5 Å². The minimum absolute atomic E-state index is 0.109. The van der Waals surface area contributed by atoms with Crippen LogP contribution in [-0.4, -0.2) is 9.55 Å². The summed E-state index contributed by atoms with van der Waals surface area (Å²) in [5.41, 5.74) is -0.109. The van der Waals surface area contributed by atoms with Crippen LogP contribution in [0, 0.1) is 0 Å². The maximum absolute atomic E-state index is 10.9. The molecule has 0 aliphatic rings. The molecule has 0 N–H and O–H groups in total. The Balaban J connectivity index is 3.20. The summed E-state index contributed by atoms with van der Waals surface area (Å²) in [6.07, 6.45) is 1.44. The molecule has 0 saturated carbocycles. The number of halogens is 1. The van der Waals surface area contributed by atoms with E-state index in [0.717, 1.165) is 0 Å². The van der Waals surface area contributed by atoms with E-state index >= 15 is 0 Å². The first-order valence-electron chi connectivity index (χ1n) is 2.96. The summed E-state index contributed by atoms with van der Waals surface area (Å²) in [5, 5.41) is 0.245. The van der Waals surface area contributed by atoms with E-state index in [2.05, 4.69) is 4.98 Å². The third kappa shape index (κ3) is 1.36. The first-order valence-corrected chi connectivity index (χ1v) is 3.34. The van der Waals surface area contributed by atoms with Crippen LogP contribution in [0.2, 0.25) is 5.15 Å². The van der Waals surface area contributed by atoms with Crippen LogP contribution in [0.4, 0.5) is 0 Å². The second-order valence-corrected chi connectivity index (χ2v) is 2.22. The third-order valence-electron chi connectivity index (χ3n) is 1.19. The maximum atomic E-state index is 10.9. The molecule has 4 heteroatoms.